The molecule has 0 fully saturated rings. The topological polar surface area (TPSA) is 69.9 Å². The quantitative estimate of drug-likeness (QED) is 0.671. The standard InChI is InChI=1S/C14H14N4O2S2/c1-9-16-11(7-21-9)3-13(19)20-6-12-8-22-14(17-12)10-4-15-18(2)5-10/h4-5,7-8H,3,6H2,1-2H3. The number of carbonyl (C=O) groups is 1. The molecule has 0 saturated carbocycles. The van der Waals surface area contributed by atoms with Gasteiger partial charge in [-0.05, 0) is 6.92 Å². The van der Waals surface area contributed by atoms with Gasteiger partial charge in [0.25, 0.3) is 0 Å². The van der Waals surface area contributed by atoms with Crippen molar-refractivity contribution in [3.05, 3.63) is 39.5 Å². The van der Waals surface area contributed by atoms with Gasteiger partial charge >= 0.3 is 5.97 Å². The lowest BCUT2D eigenvalue weighted by molar-refractivity contribution is -0.144. The number of hydrogen-bond donors (Lipinski definition) is 0. The van der Waals surface area contributed by atoms with Crippen LogP contribution in [-0.2, 0) is 29.6 Å². The average molecular weight is 334 g/mol. The number of aryl methyl sites for hydroxylation is 2. The Balaban J connectivity index is 1.55. The van der Waals surface area contributed by atoms with E-state index in [0.29, 0.717) is 0 Å². The molecule has 0 aliphatic carbocycles. The predicted molar refractivity (Wildman–Crippen MR) is 84.7 cm³/mol. The summed E-state index contributed by atoms with van der Waals surface area (Å²) in [5.74, 6) is -0.291. The normalized spacial score (nSPS) is 10.8. The van der Waals surface area contributed by atoms with Crippen LogP contribution in [0.3, 0.4) is 0 Å². The van der Waals surface area contributed by atoms with E-state index >= 15 is 0 Å². The van der Waals surface area contributed by atoms with Crippen molar-refractivity contribution in [3.8, 4) is 10.6 Å². The van der Waals surface area contributed by atoms with Crippen LogP contribution in [0.15, 0.2) is 23.2 Å². The lowest BCUT2D eigenvalue weighted by atomic mass is 10.3. The van der Waals surface area contributed by atoms with E-state index in [1.807, 2.05) is 30.9 Å². The van der Waals surface area contributed by atoms with Gasteiger partial charge in [-0.15, -0.1) is 22.7 Å². The maximum Gasteiger partial charge on any atom is 0.312 e. The number of hydrogen-bond acceptors (Lipinski definition) is 7. The Bertz CT molecular complexity index is 790. The summed E-state index contributed by atoms with van der Waals surface area (Å²) in [5.41, 5.74) is 2.46. The lowest BCUT2D eigenvalue weighted by Gasteiger charge is -2.00. The van der Waals surface area contributed by atoms with Crippen LogP contribution in [0.25, 0.3) is 10.6 Å². The number of aromatic nitrogens is 4. The van der Waals surface area contributed by atoms with Crippen molar-refractivity contribution in [2.75, 3.05) is 0 Å². The highest BCUT2D eigenvalue weighted by Gasteiger charge is 2.11. The van der Waals surface area contributed by atoms with Crippen molar-refractivity contribution in [3.63, 3.8) is 0 Å². The Morgan fingerprint density at radius 1 is 1.27 bits per heavy atom. The minimum atomic E-state index is -0.291. The third-order valence-electron chi connectivity index (χ3n) is 2.88. The van der Waals surface area contributed by atoms with E-state index in [1.54, 1.807) is 10.9 Å². The zero-order chi connectivity index (χ0) is 15.5. The van der Waals surface area contributed by atoms with Crippen LogP contribution in [0.4, 0.5) is 0 Å². The summed E-state index contributed by atoms with van der Waals surface area (Å²) in [6, 6.07) is 0. The Kier molecular flexibility index (Phi) is 4.30. The molecule has 3 rings (SSSR count). The number of rotatable bonds is 5. The minimum Gasteiger partial charge on any atom is -0.459 e. The molecule has 3 aromatic heterocycles. The zero-order valence-corrected chi connectivity index (χ0v) is 13.8. The first-order valence-electron chi connectivity index (χ1n) is 6.60. The van der Waals surface area contributed by atoms with Gasteiger partial charge in [-0.2, -0.15) is 5.10 Å². The summed E-state index contributed by atoms with van der Waals surface area (Å²) in [4.78, 5) is 20.5. The predicted octanol–water partition coefficient (Wildman–Crippen LogP) is 2.59. The first kappa shape index (κ1) is 14.9. The molecule has 22 heavy (non-hydrogen) atoms. The van der Waals surface area contributed by atoms with Crippen molar-refractivity contribution in [2.24, 2.45) is 7.05 Å². The molecule has 114 valence electrons. The van der Waals surface area contributed by atoms with E-state index in [9.17, 15) is 4.79 Å². The van der Waals surface area contributed by atoms with E-state index in [-0.39, 0.29) is 19.0 Å². The van der Waals surface area contributed by atoms with Gasteiger partial charge in [-0.25, -0.2) is 9.97 Å². The summed E-state index contributed by atoms with van der Waals surface area (Å²) in [6.07, 6.45) is 3.86. The molecule has 8 heteroatoms. The van der Waals surface area contributed by atoms with Gasteiger partial charge in [-0.3, -0.25) is 9.48 Å². The summed E-state index contributed by atoms with van der Waals surface area (Å²) < 4.78 is 6.97. The van der Waals surface area contributed by atoms with E-state index in [0.717, 1.165) is 27.0 Å². The second-order valence-electron chi connectivity index (χ2n) is 4.74. The summed E-state index contributed by atoms with van der Waals surface area (Å²) in [5, 5.41) is 9.70. The molecule has 0 bridgehead atoms. The van der Waals surface area contributed by atoms with Gasteiger partial charge in [0.15, 0.2) is 0 Å². The molecule has 3 heterocycles. The Morgan fingerprint density at radius 3 is 2.77 bits per heavy atom. The van der Waals surface area contributed by atoms with Gasteiger partial charge in [0, 0.05) is 29.6 Å². The van der Waals surface area contributed by atoms with Crippen molar-refractivity contribution < 1.29 is 9.53 Å². The second kappa shape index (κ2) is 6.37. The monoisotopic (exact) mass is 334 g/mol. The molecule has 0 aliphatic heterocycles. The smallest absolute Gasteiger partial charge is 0.312 e. The SMILES string of the molecule is Cc1nc(CC(=O)OCc2csc(-c3cnn(C)c3)n2)cs1. The fraction of sp³-hybridized carbons (Fsp3) is 0.286. The fourth-order valence-corrected chi connectivity index (χ4v) is 3.27. The Hall–Kier alpha value is -2.06. The van der Waals surface area contributed by atoms with E-state index in [1.165, 1.54) is 22.7 Å². The van der Waals surface area contributed by atoms with Gasteiger partial charge in [0.2, 0.25) is 0 Å². The van der Waals surface area contributed by atoms with Crippen molar-refractivity contribution in [1.82, 2.24) is 19.7 Å². The molecule has 0 N–H and O–H groups in total. The number of carbonyl (C=O) groups excluding carboxylic acids is 1. The minimum absolute atomic E-state index is 0.179. The molecule has 0 amide bonds. The van der Waals surface area contributed by atoms with Crippen molar-refractivity contribution in [1.29, 1.82) is 0 Å². The van der Waals surface area contributed by atoms with Gasteiger partial charge < -0.3 is 4.74 Å². The molecule has 0 unspecified atom stereocenters. The van der Waals surface area contributed by atoms with Crippen LogP contribution < -0.4 is 0 Å². The molecule has 0 atom stereocenters. The molecular weight excluding hydrogens is 320 g/mol. The Morgan fingerprint density at radius 2 is 2.09 bits per heavy atom. The molecule has 0 saturated heterocycles. The molecule has 0 aromatic carbocycles. The molecule has 6 nitrogen and oxygen atoms in total. The first-order valence-corrected chi connectivity index (χ1v) is 8.36. The molecule has 0 radical (unpaired) electrons. The summed E-state index contributed by atoms with van der Waals surface area (Å²) in [7, 11) is 1.86. The van der Waals surface area contributed by atoms with E-state index in [2.05, 4.69) is 15.1 Å². The average Bonchev–Trinajstić information content (AvgIpc) is 3.18. The number of ether oxygens (including phenoxy) is 1. The van der Waals surface area contributed by atoms with E-state index in [4.69, 9.17) is 4.74 Å². The van der Waals surface area contributed by atoms with Gasteiger partial charge in [0.1, 0.15) is 11.6 Å². The maximum atomic E-state index is 11.8. The van der Waals surface area contributed by atoms with Gasteiger partial charge in [0.05, 0.1) is 29.0 Å². The maximum absolute atomic E-state index is 11.8. The van der Waals surface area contributed by atoms with Crippen molar-refractivity contribution in [2.45, 2.75) is 20.0 Å². The lowest BCUT2D eigenvalue weighted by Crippen LogP contribution is -2.08. The highest BCUT2D eigenvalue weighted by atomic mass is 32.1. The highest BCUT2D eigenvalue weighted by molar-refractivity contribution is 7.13. The third-order valence-corrected chi connectivity index (χ3v) is 4.64. The number of nitrogens with zero attached hydrogens (tertiary/aromatic N) is 4. The van der Waals surface area contributed by atoms with Crippen LogP contribution in [-0.4, -0.2) is 25.7 Å². The van der Waals surface area contributed by atoms with Crippen molar-refractivity contribution >= 4 is 28.6 Å². The van der Waals surface area contributed by atoms with Gasteiger partial charge in [-0.1, -0.05) is 0 Å². The molecule has 0 aliphatic rings. The second-order valence-corrected chi connectivity index (χ2v) is 6.66. The van der Waals surface area contributed by atoms with Crippen LogP contribution in [0.2, 0.25) is 0 Å². The van der Waals surface area contributed by atoms with Crippen LogP contribution >= 0.6 is 22.7 Å². The van der Waals surface area contributed by atoms with E-state index < -0.39 is 0 Å². The molecule has 0 spiro atoms. The largest absolute Gasteiger partial charge is 0.459 e. The molecule has 3 aromatic rings. The number of esters is 1. The van der Waals surface area contributed by atoms with Crippen LogP contribution in [0.1, 0.15) is 16.4 Å². The zero-order valence-electron chi connectivity index (χ0n) is 12.1. The van der Waals surface area contributed by atoms with Crippen LogP contribution in [0, 0.1) is 6.92 Å². The molecular formula is C14H14N4O2S2. The third kappa shape index (κ3) is 3.58. The summed E-state index contributed by atoms with van der Waals surface area (Å²) >= 11 is 3.03. The number of thiazole rings is 2. The summed E-state index contributed by atoms with van der Waals surface area (Å²) in [6.45, 7) is 2.09. The first-order chi connectivity index (χ1) is 10.6. The highest BCUT2D eigenvalue weighted by Crippen LogP contribution is 2.23. The van der Waals surface area contributed by atoms with Crippen LogP contribution in [0.5, 0.6) is 0 Å². The Labute approximate surface area is 135 Å². The fourth-order valence-electron chi connectivity index (χ4n) is 1.88.